The summed E-state index contributed by atoms with van der Waals surface area (Å²) in [6, 6.07) is 12.4. The third kappa shape index (κ3) is 2.43. The molecule has 0 aliphatic carbocycles. The van der Waals surface area contributed by atoms with Gasteiger partial charge in [-0.15, -0.1) is 0 Å². The summed E-state index contributed by atoms with van der Waals surface area (Å²) < 4.78 is 13.2. The summed E-state index contributed by atoms with van der Waals surface area (Å²) >= 11 is 0. The van der Waals surface area contributed by atoms with Crippen LogP contribution in [0.1, 0.15) is 23.9 Å². The second kappa shape index (κ2) is 5.59. The van der Waals surface area contributed by atoms with Crippen LogP contribution in [0.5, 0.6) is 11.5 Å². The Balaban J connectivity index is 1.77. The molecule has 4 rings (SSSR count). The highest BCUT2D eigenvalue weighted by Gasteiger charge is 2.18. The average molecular weight is 309 g/mol. The first kappa shape index (κ1) is 14.1. The fourth-order valence-corrected chi connectivity index (χ4v) is 2.97. The summed E-state index contributed by atoms with van der Waals surface area (Å²) in [5.41, 5.74) is 10.1. The van der Waals surface area contributed by atoms with Crippen molar-refractivity contribution in [3.8, 4) is 11.5 Å². The van der Waals surface area contributed by atoms with Gasteiger partial charge in [0.05, 0.1) is 11.0 Å². The normalized spacial score (nSPS) is 13.0. The summed E-state index contributed by atoms with van der Waals surface area (Å²) in [5.74, 6) is 2.63. The van der Waals surface area contributed by atoms with E-state index in [-0.39, 0.29) is 6.79 Å². The smallest absolute Gasteiger partial charge is 0.231 e. The summed E-state index contributed by atoms with van der Waals surface area (Å²) in [6.45, 7) is 3.75. The molecule has 1 aromatic heterocycles. The topological polar surface area (TPSA) is 62.3 Å². The monoisotopic (exact) mass is 309 g/mol. The van der Waals surface area contributed by atoms with Crippen molar-refractivity contribution in [2.75, 3.05) is 6.79 Å². The van der Waals surface area contributed by atoms with Gasteiger partial charge in [-0.25, -0.2) is 4.98 Å². The van der Waals surface area contributed by atoms with Crippen molar-refractivity contribution in [1.82, 2.24) is 9.55 Å². The molecule has 1 aliphatic rings. The maximum absolute atomic E-state index is 5.67. The molecule has 2 N–H and O–H groups in total. The first-order valence-electron chi connectivity index (χ1n) is 7.85. The Bertz CT molecular complexity index is 853. The van der Waals surface area contributed by atoms with Gasteiger partial charge in [-0.1, -0.05) is 31.2 Å². The molecule has 2 heterocycles. The molecule has 0 bridgehead atoms. The Hall–Kier alpha value is -2.53. The molecule has 1 aliphatic heterocycles. The van der Waals surface area contributed by atoms with Crippen LogP contribution in [-0.4, -0.2) is 16.3 Å². The molecule has 0 atom stereocenters. The molecule has 5 heteroatoms. The van der Waals surface area contributed by atoms with Gasteiger partial charge >= 0.3 is 0 Å². The van der Waals surface area contributed by atoms with E-state index in [1.54, 1.807) is 0 Å². The zero-order valence-electron chi connectivity index (χ0n) is 13.1. The van der Waals surface area contributed by atoms with Gasteiger partial charge in [0.25, 0.3) is 0 Å². The third-order valence-electron chi connectivity index (χ3n) is 4.24. The molecule has 3 aromatic rings. The molecule has 5 nitrogen and oxygen atoms in total. The van der Waals surface area contributed by atoms with E-state index in [0.717, 1.165) is 46.9 Å². The summed E-state index contributed by atoms with van der Waals surface area (Å²) in [7, 11) is 0. The van der Waals surface area contributed by atoms with Crippen LogP contribution in [0.3, 0.4) is 0 Å². The fraction of sp³-hybridized carbons (Fsp3) is 0.278. The zero-order chi connectivity index (χ0) is 15.8. The highest BCUT2D eigenvalue weighted by atomic mass is 16.7. The van der Waals surface area contributed by atoms with Crippen molar-refractivity contribution in [3.63, 3.8) is 0 Å². The molecule has 0 saturated carbocycles. The van der Waals surface area contributed by atoms with Crippen LogP contribution in [0.2, 0.25) is 0 Å². The van der Waals surface area contributed by atoms with Crippen molar-refractivity contribution < 1.29 is 9.47 Å². The van der Waals surface area contributed by atoms with Crippen LogP contribution in [0, 0.1) is 0 Å². The maximum Gasteiger partial charge on any atom is 0.231 e. The van der Waals surface area contributed by atoms with Crippen molar-refractivity contribution >= 4 is 11.0 Å². The number of ether oxygens (including phenoxy) is 2. The Morgan fingerprint density at radius 2 is 1.78 bits per heavy atom. The van der Waals surface area contributed by atoms with E-state index in [1.807, 2.05) is 12.1 Å². The quantitative estimate of drug-likeness (QED) is 0.805. The van der Waals surface area contributed by atoms with Crippen LogP contribution < -0.4 is 15.2 Å². The minimum atomic E-state index is 0.281. The average Bonchev–Trinajstić information content (AvgIpc) is 3.17. The number of imidazole rings is 1. The maximum atomic E-state index is 5.67. The predicted octanol–water partition coefficient (Wildman–Crippen LogP) is 2.83. The number of hydrogen-bond donors (Lipinski definition) is 1. The van der Waals surface area contributed by atoms with E-state index >= 15 is 0 Å². The van der Waals surface area contributed by atoms with Crippen LogP contribution >= 0.6 is 0 Å². The SMILES string of the molecule is CCc1nc2cc3c(cc2n1Cc1ccc(CN)cc1)OCO3. The van der Waals surface area contributed by atoms with Crippen LogP contribution in [0.15, 0.2) is 36.4 Å². The van der Waals surface area contributed by atoms with Gasteiger partial charge < -0.3 is 19.8 Å². The van der Waals surface area contributed by atoms with E-state index in [2.05, 4.69) is 35.8 Å². The molecule has 118 valence electrons. The van der Waals surface area contributed by atoms with Gasteiger partial charge in [-0.05, 0) is 11.1 Å². The molecule has 0 amide bonds. The van der Waals surface area contributed by atoms with Gasteiger partial charge in [0.1, 0.15) is 5.82 Å². The van der Waals surface area contributed by atoms with E-state index in [1.165, 1.54) is 5.56 Å². The number of hydrogen-bond acceptors (Lipinski definition) is 4. The molecular weight excluding hydrogens is 290 g/mol. The molecule has 0 unspecified atom stereocenters. The van der Waals surface area contributed by atoms with Gasteiger partial charge in [0, 0.05) is 31.6 Å². The first-order chi connectivity index (χ1) is 11.3. The molecule has 2 aromatic carbocycles. The van der Waals surface area contributed by atoms with E-state index in [4.69, 9.17) is 20.2 Å². The number of nitrogens with two attached hydrogens (primary N) is 1. The minimum absolute atomic E-state index is 0.281. The molecule has 0 radical (unpaired) electrons. The first-order valence-corrected chi connectivity index (χ1v) is 7.85. The van der Waals surface area contributed by atoms with Gasteiger partial charge in [0.2, 0.25) is 6.79 Å². The lowest BCUT2D eigenvalue weighted by Crippen LogP contribution is -2.05. The van der Waals surface area contributed by atoms with E-state index < -0.39 is 0 Å². The Kier molecular flexibility index (Phi) is 3.42. The predicted molar refractivity (Wildman–Crippen MR) is 88.7 cm³/mol. The van der Waals surface area contributed by atoms with Crippen molar-refractivity contribution in [2.24, 2.45) is 5.73 Å². The number of rotatable bonds is 4. The molecule has 0 spiro atoms. The highest BCUT2D eigenvalue weighted by Crippen LogP contribution is 2.36. The van der Waals surface area contributed by atoms with Gasteiger partial charge in [-0.2, -0.15) is 0 Å². The molecule has 0 fully saturated rings. The Labute approximate surface area is 134 Å². The van der Waals surface area contributed by atoms with Crippen LogP contribution in [0.25, 0.3) is 11.0 Å². The lowest BCUT2D eigenvalue weighted by Gasteiger charge is -2.09. The largest absolute Gasteiger partial charge is 0.454 e. The summed E-state index contributed by atoms with van der Waals surface area (Å²) in [4.78, 5) is 4.75. The van der Waals surface area contributed by atoms with Gasteiger partial charge in [-0.3, -0.25) is 0 Å². The minimum Gasteiger partial charge on any atom is -0.454 e. The highest BCUT2D eigenvalue weighted by molar-refractivity contribution is 5.81. The Morgan fingerprint density at radius 1 is 1.09 bits per heavy atom. The molecule has 23 heavy (non-hydrogen) atoms. The Morgan fingerprint density at radius 3 is 2.48 bits per heavy atom. The van der Waals surface area contributed by atoms with E-state index in [0.29, 0.717) is 6.54 Å². The second-order valence-corrected chi connectivity index (χ2v) is 5.68. The molecule has 0 saturated heterocycles. The van der Waals surface area contributed by atoms with Crippen LogP contribution in [0.4, 0.5) is 0 Å². The number of fused-ring (bicyclic) bond motifs is 2. The standard InChI is InChI=1S/C18H19N3O2/c1-2-18-20-14-7-16-17(23-11-22-16)8-15(14)21(18)10-13-5-3-12(9-19)4-6-13/h3-8H,2,9-11,19H2,1H3. The lowest BCUT2D eigenvalue weighted by atomic mass is 10.1. The zero-order valence-corrected chi connectivity index (χ0v) is 13.1. The van der Waals surface area contributed by atoms with E-state index in [9.17, 15) is 0 Å². The fourth-order valence-electron chi connectivity index (χ4n) is 2.97. The van der Waals surface area contributed by atoms with Crippen molar-refractivity contribution in [2.45, 2.75) is 26.4 Å². The summed E-state index contributed by atoms with van der Waals surface area (Å²) in [6.07, 6.45) is 0.877. The number of aromatic nitrogens is 2. The lowest BCUT2D eigenvalue weighted by molar-refractivity contribution is 0.174. The summed E-state index contributed by atoms with van der Waals surface area (Å²) in [5, 5.41) is 0. The van der Waals surface area contributed by atoms with Gasteiger partial charge in [0.15, 0.2) is 11.5 Å². The van der Waals surface area contributed by atoms with Crippen LogP contribution in [-0.2, 0) is 19.5 Å². The van der Waals surface area contributed by atoms with Crippen molar-refractivity contribution in [1.29, 1.82) is 0 Å². The van der Waals surface area contributed by atoms with Crippen molar-refractivity contribution in [3.05, 3.63) is 53.3 Å². The third-order valence-corrected chi connectivity index (χ3v) is 4.24. The number of nitrogens with zero attached hydrogens (tertiary/aromatic N) is 2. The number of benzene rings is 2. The second-order valence-electron chi connectivity index (χ2n) is 5.68. The number of aryl methyl sites for hydroxylation is 1. The molecular formula is C18H19N3O2.